The van der Waals surface area contributed by atoms with Gasteiger partial charge in [0.25, 0.3) is 0 Å². The summed E-state index contributed by atoms with van der Waals surface area (Å²) in [7, 11) is 1.46. The molecule has 1 heterocycles. The van der Waals surface area contributed by atoms with Crippen LogP contribution in [0.5, 0.6) is 11.5 Å². The molecular weight excluding hydrogens is 431 g/mol. The van der Waals surface area contributed by atoms with E-state index in [1.165, 1.54) is 19.2 Å². The zero-order valence-electron chi connectivity index (χ0n) is 16.2. The predicted octanol–water partition coefficient (Wildman–Crippen LogP) is 2.93. The number of halogens is 2. The first-order valence-corrected chi connectivity index (χ1v) is 9.80. The summed E-state index contributed by atoms with van der Waals surface area (Å²) in [5.74, 6) is -0.113. The van der Waals surface area contributed by atoms with Crippen LogP contribution in [0.4, 0.5) is 0 Å². The first-order valence-electron chi connectivity index (χ1n) is 9.05. The van der Waals surface area contributed by atoms with Gasteiger partial charge in [0, 0.05) is 17.5 Å². The Hall–Kier alpha value is -2.81. The third-order valence-corrected chi connectivity index (χ3v) is 4.75. The molecule has 2 aromatic carbocycles. The van der Waals surface area contributed by atoms with Crippen molar-refractivity contribution in [2.45, 2.75) is 25.7 Å². The average molecular weight is 451 g/mol. The van der Waals surface area contributed by atoms with Crippen molar-refractivity contribution >= 4 is 41.3 Å². The molecule has 0 spiro atoms. The Morgan fingerprint density at radius 1 is 1.23 bits per heavy atom. The quantitative estimate of drug-likeness (QED) is 0.270. The molecule has 2 unspecified atom stereocenters. The highest BCUT2D eigenvalue weighted by Gasteiger charge is 2.21. The highest BCUT2D eigenvalue weighted by Crippen LogP contribution is 2.29. The second kappa shape index (κ2) is 9.80. The predicted molar refractivity (Wildman–Crippen MR) is 114 cm³/mol. The summed E-state index contributed by atoms with van der Waals surface area (Å²) in [6.45, 7) is 1.92. The molecule has 2 atom stereocenters. The molecule has 1 aliphatic heterocycles. The Labute approximate surface area is 183 Å². The van der Waals surface area contributed by atoms with E-state index in [0.29, 0.717) is 22.8 Å². The van der Waals surface area contributed by atoms with Crippen LogP contribution in [0.15, 0.2) is 41.5 Å². The fourth-order valence-electron chi connectivity index (χ4n) is 2.80. The van der Waals surface area contributed by atoms with E-state index in [1.54, 1.807) is 30.5 Å². The van der Waals surface area contributed by atoms with Gasteiger partial charge in [-0.3, -0.25) is 15.5 Å². The van der Waals surface area contributed by atoms with Crippen LogP contribution in [0.2, 0.25) is 10.0 Å². The number of nitrogens with one attached hydrogen (secondary N) is 3. The molecular formula is C20H20Cl2N4O4. The average Bonchev–Trinajstić information content (AvgIpc) is 2.68. The monoisotopic (exact) mass is 450 g/mol. The van der Waals surface area contributed by atoms with Crippen molar-refractivity contribution in [3.63, 3.8) is 0 Å². The number of esters is 1. The van der Waals surface area contributed by atoms with Crippen LogP contribution in [0.1, 0.15) is 29.3 Å². The molecule has 0 aliphatic carbocycles. The molecule has 0 saturated carbocycles. The summed E-state index contributed by atoms with van der Waals surface area (Å²) < 4.78 is 10.7. The molecule has 2 aromatic rings. The van der Waals surface area contributed by atoms with Gasteiger partial charge in [0.15, 0.2) is 17.8 Å². The van der Waals surface area contributed by atoms with Gasteiger partial charge >= 0.3 is 5.97 Å². The second-order valence-electron chi connectivity index (χ2n) is 6.58. The summed E-state index contributed by atoms with van der Waals surface area (Å²) in [5, 5.41) is 10.6. The summed E-state index contributed by atoms with van der Waals surface area (Å²) in [6.07, 6.45) is 1.52. The number of benzene rings is 2. The molecule has 0 bridgehead atoms. The van der Waals surface area contributed by atoms with E-state index in [0.717, 1.165) is 0 Å². The minimum Gasteiger partial charge on any atom is -0.493 e. The van der Waals surface area contributed by atoms with Crippen LogP contribution in [0.3, 0.4) is 0 Å². The minimum atomic E-state index is -0.633. The normalized spacial score (nSPS) is 18.7. The number of carbonyl (C=O) groups is 2. The van der Waals surface area contributed by atoms with Crippen LogP contribution >= 0.6 is 23.2 Å². The van der Waals surface area contributed by atoms with Crippen LogP contribution in [-0.4, -0.2) is 37.5 Å². The van der Waals surface area contributed by atoms with Crippen molar-refractivity contribution in [3.05, 3.63) is 57.6 Å². The molecule has 0 aromatic heterocycles. The van der Waals surface area contributed by atoms with Gasteiger partial charge < -0.3 is 14.8 Å². The first kappa shape index (κ1) is 21.9. The van der Waals surface area contributed by atoms with Gasteiger partial charge in [-0.1, -0.05) is 23.2 Å². The lowest BCUT2D eigenvalue weighted by molar-refractivity contribution is -0.124. The SMILES string of the molecule is COc1cc(/C=N/NC2NC(=O)CC(C)N2)ccc1OC(=O)c1ccc(Cl)cc1Cl. The molecule has 30 heavy (non-hydrogen) atoms. The number of amides is 1. The van der Waals surface area contributed by atoms with Gasteiger partial charge in [0.2, 0.25) is 5.91 Å². The molecule has 3 rings (SSSR count). The van der Waals surface area contributed by atoms with Gasteiger partial charge in [-0.05, 0) is 48.9 Å². The van der Waals surface area contributed by atoms with Gasteiger partial charge in [-0.15, -0.1) is 0 Å². The van der Waals surface area contributed by atoms with Gasteiger partial charge in [0.1, 0.15) is 0 Å². The third-order valence-electron chi connectivity index (χ3n) is 4.21. The Morgan fingerprint density at radius 2 is 2.03 bits per heavy atom. The number of methoxy groups -OCH3 is 1. The van der Waals surface area contributed by atoms with Crippen molar-refractivity contribution in [1.29, 1.82) is 0 Å². The molecule has 1 saturated heterocycles. The number of rotatable bonds is 6. The summed E-state index contributed by atoms with van der Waals surface area (Å²) in [6, 6.07) is 9.51. The summed E-state index contributed by atoms with van der Waals surface area (Å²) in [5.41, 5.74) is 3.70. The van der Waals surface area contributed by atoms with Gasteiger partial charge in [-0.25, -0.2) is 4.79 Å². The van der Waals surface area contributed by atoms with Gasteiger partial charge in [0.05, 0.1) is 23.9 Å². The van der Waals surface area contributed by atoms with Crippen molar-refractivity contribution < 1.29 is 19.1 Å². The molecule has 1 aliphatic rings. The first-order chi connectivity index (χ1) is 14.4. The van der Waals surface area contributed by atoms with E-state index < -0.39 is 12.3 Å². The molecule has 8 nitrogen and oxygen atoms in total. The van der Waals surface area contributed by atoms with Crippen molar-refractivity contribution in [2.75, 3.05) is 7.11 Å². The fraction of sp³-hybridized carbons (Fsp3) is 0.250. The van der Waals surface area contributed by atoms with E-state index in [9.17, 15) is 9.59 Å². The largest absolute Gasteiger partial charge is 0.493 e. The highest BCUT2D eigenvalue weighted by molar-refractivity contribution is 6.36. The van der Waals surface area contributed by atoms with E-state index in [-0.39, 0.29) is 28.3 Å². The van der Waals surface area contributed by atoms with Crippen LogP contribution < -0.4 is 25.5 Å². The zero-order chi connectivity index (χ0) is 21.7. The van der Waals surface area contributed by atoms with E-state index in [1.807, 2.05) is 6.92 Å². The molecule has 0 radical (unpaired) electrons. The number of carbonyl (C=O) groups excluding carboxylic acids is 2. The number of hydrogen-bond acceptors (Lipinski definition) is 7. The fourth-order valence-corrected chi connectivity index (χ4v) is 3.28. The summed E-state index contributed by atoms with van der Waals surface area (Å²) in [4.78, 5) is 24.0. The third kappa shape index (κ3) is 5.63. The number of ether oxygens (including phenoxy) is 2. The minimum absolute atomic E-state index is 0.0506. The Kier molecular flexibility index (Phi) is 7.15. The van der Waals surface area contributed by atoms with Crippen molar-refractivity contribution in [3.8, 4) is 11.5 Å². The van der Waals surface area contributed by atoms with E-state index >= 15 is 0 Å². The lowest BCUT2D eigenvalue weighted by Gasteiger charge is -2.28. The van der Waals surface area contributed by atoms with Crippen LogP contribution in [-0.2, 0) is 4.79 Å². The molecule has 158 valence electrons. The van der Waals surface area contributed by atoms with E-state index in [4.69, 9.17) is 32.7 Å². The van der Waals surface area contributed by atoms with Crippen LogP contribution in [0.25, 0.3) is 0 Å². The molecule has 10 heteroatoms. The Morgan fingerprint density at radius 3 is 2.73 bits per heavy atom. The van der Waals surface area contributed by atoms with Crippen molar-refractivity contribution in [1.82, 2.24) is 16.1 Å². The van der Waals surface area contributed by atoms with E-state index in [2.05, 4.69) is 21.2 Å². The number of hydrazone groups is 1. The molecule has 1 amide bonds. The zero-order valence-corrected chi connectivity index (χ0v) is 17.8. The lowest BCUT2D eigenvalue weighted by Crippen LogP contribution is -2.60. The second-order valence-corrected chi connectivity index (χ2v) is 7.43. The Bertz CT molecular complexity index is 983. The van der Waals surface area contributed by atoms with Crippen molar-refractivity contribution in [2.24, 2.45) is 5.10 Å². The summed E-state index contributed by atoms with van der Waals surface area (Å²) >= 11 is 11.9. The number of nitrogens with zero attached hydrogens (tertiary/aromatic N) is 1. The maximum absolute atomic E-state index is 12.4. The highest BCUT2D eigenvalue weighted by atomic mass is 35.5. The standard InChI is InChI=1S/C20H20Cl2N4O4/c1-11-7-18(27)25-20(24-11)26-23-10-12-3-6-16(17(8-12)29-2)30-19(28)14-5-4-13(21)9-15(14)22/h3-6,8-11,20,24,26H,7H2,1-2H3,(H,25,27)/b23-10+. The Balaban J connectivity index is 1.67. The van der Waals surface area contributed by atoms with Gasteiger partial charge in [-0.2, -0.15) is 5.10 Å². The topological polar surface area (TPSA) is 101 Å². The maximum Gasteiger partial charge on any atom is 0.345 e. The maximum atomic E-state index is 12.4. The number of hydrogen-bond donors (Lipinski definition) is 3. The van der Waals surface area contributed by atoms with Crippen LogP contribution in [0, 0.1) is 0 Å². The molecule has 1 fully saturated rings. The molecule has 3 N–H and O–H groups in total. The smallest absolute Gasteiger partial charge is 0.345 e. The lowest BCUT2D eigenvalue weighted by atomic mass is 10.2.